The molecular weight excluding hydrogens is 410 g/mol. The number of anilines is 1. The molecule has 2 heterocycles. The monoisotopic (exact) mass is 431 g/mol. The summed E-state index contributed by atoms with van der Waals surface area (Å²) < 4.78 is 27.0. The molecule has 6 nitrogen and oxygen atoms in total. The van der Waals surface area contributed by atoms with Crippen LogP contribution in [0.3, 0.4) is 0 Å². The number of fused-ring (bicyclic) bond motifs is 2. The average Bonchev–Trinajstić information content (AvgIpc) is 3.31. The second kappa shape index (κ2) is 7.48. The molecule has 0 spiro atoms. The van der Waals surface area contributed by atoms with Gasteiger partial charge in [0, 0.05) is 41.2 Å². The summed E-state index contributed by atoms with van der Waals surface area (Å²) in [5.41, 5.74) is 2.95. The normalized spacial score (nSPS) is 14.0. The van der Waals surface area contributed by atoms with Crippen molar-refractivity contribution in [1.82, 2.24) is 9.29 Å². The minimum Gasteiger partial charge on any atom is -0.351 e. The van der Waals surface area contributed by atoms with Crippen LogP contribution in [0, 0.1) is 0 Å². The highest BCUT2D eigenvalue weighted by Crippen LogP contribution is 2.32. The van der Waals surface area contributed by atoms with E-state index in [9.17, 15) is 13.2 Å². The summed E-state index contributed by atoms with van der Waals surface area (Å²) in [5, 5.41) is 1.49. The Morgan fingerprint density at radius 3 is 2.62 bits per heavy atom. The number of H-pyrrole nitrogens is 1. The zero-order chi connectivity index (χ0) is 20.8. The lowest BCUT2D eigenvalue weighted by Crippen LogP contribution is -2.31. The lowest BCUT2D eigenvalue weighted by Gasteiger charge is -2.20. The Hall–Kier alpha value is -2.35. The Labute approximate surface area is 175 Å². The van der Waals surface area contributed by atoms with Crippen LogP contribution >= 0.6 is 11.6 Å². The fourth-order valence-corrected chi connectivity index (χ4v) is 5.52. The van der Waals surface area contributed by atoms with Gasteiger partial charge in [0.1, 0.15) is 5.69 Å². The minimum atomic E-state index is -3.52. The minimum absolute atomic E-state index is 0.143. The first-order valence-electron chi connectivity index (χ1n) is 9.58. The summed E-state index contributed by atoms with van der Waals surface area (Å²) in [4.78, 5) is 18.2. The second-order valence-electron chi connectivity index (χ2n) is 7.00. The van der Waals surface area contributed by atoms with Crippen molar-refractivity contribution in [3.05, 3.63) is 58.7 Å². The maximum absolute atomic E-state index is 13.1. The highest BCUT2D eigenvalue weighted by atomic mass is 35.5. The molecule has 29 heavy (non-hydrogen) atoms. The van der Waals surface area contributed by atoms with Crippen molar-refractivity contribution < 1.29 is 13.2 Å². The Balaban J connectivity index is 1.65. The van der Waals surface area contributed by atoms with Crippen molar-refractivity contribution in [3.63, 3.8) is 0 Å². The van der Waals surface area contributed by atoms with Gasteiger partial charge in [-0.15, -0.1) is 0 Å². The van der Waals surface area contributed by atoms with Crippen molar-refractivity contribution in [2.24, 2.45) is 0 Å². The molecule has 3 aromatic rings. The van der Waals surface area contributed by atoms with Gasteiger partial charge in [-0.3, -0.25) is 4.79 Å². The number of hydrogen-bond donors (Lipinski definition) is 1. The SMILES string of the molecule is CCN(CC)S(=O)(=O)c1ccc2c(c1)CCN2C(=O)c1cc2cc(Cl)ccc2[nH]1. The van der Waals surface area contributed by atoms with Crippen LogP contribution in [0.5, 0.6) is 0 Å². The van der Waals surface area contributed by atoms with Gasteiger partial charge >= 0.3 is 0 Å². The van der Waals surface area contributed by atoms with E-state index in [1.54, 1.807) is 35.2 Å². The Bertz CT molecular complexity index is 1200. The number of aromatic nitrogens is 1. The largest absolute Gasteiger partial charge is 0.351 e. The van der Waals surface area contributed by atoms with Crippen LogP contribution in [-0.2, 0) is 16.4 Å². The summed E-state index contributed by atoms with van der Waals surface area (Å²) in [5.74, 6) is -0.143. The van der Waals surface area contributed by atoms with E-state index in [-0.39, 0.29) is 10.8 Å². The number of sulfonamides is 1. The first-order valence-corrected chi connectivity index (χ1v) is 11.4. The number of hydrogen-bond acceptors (Lipinski definition) is 3. The van der Waals surface area contributed by atoms with Crippen LogP contribution in [0.1, 0.15) is 29.9 Å². The first-order chi connectivity index (χ1) is 13.8. The van der Waals surface area contributed by atoms with E-state index >= 15 is 0 Å². The third kappa shape index (κ3) is 3.43. The van der Waals surface area contributed by atoms with Gasteiger partial charge in [0.2, 0.25) is 10.0 Å². The summed E-state index contributed by atoms with van der Waals surface area (Å²) in [6.45, 7) is 5.00. The molecule has 0 saturated carbocycles. The van der Waals surface area contributed by atoms with Gasteiger partial charge in [-0.05, 0) is 54.4 Å². The molecule has 0 aliphatic carbocycles. The van der Waals surface area contributed by atoms with E-state index in [1.165, 1.54) is 4.31 Å². The highest BCUT2D eigenvalue weighted by molar-refractivity contribution is 7.89. The van der Waals surface area contributed by atoms with Gasteiger partial charge in [0.05, 0.1) is 4.90 Å². The standard InChI is InChI=1S/C21H22ClN3O3S/c1-3-24(4-2)29(27,28)17-6-8-20-14(12-17)9-10-25(20)21(26)19-13-15-11-16(22)5-7-18(15)23-19/h5-8,11-13,23H,3-4,9-10H2,1-2H3. The maximum Gasteiger partial charge on any atom is 0.274 e. The zero-order valence-electron chi connectivity index (χ0n) is 16.3. The number of nitrogens with one attached hydrogen (secondary N) is 1. The van der Waals surface area contributed by atoms with E-state index in [2.05, 4.69) is 4.98 Å². The quantitative estimate of drug-likeness (QED) is 0.662. The number of carbonyl (C=O) groups is 1. The molecule has 0 atom stereocenters. The van der Waals surface area contributed by atoms with Crippen molar-refractivity contribution in [2.75, 3.05) is 24.5 Å². The molecule has 1 aliphatic rings. The molecule has 2 aromatic carbocycles. The average molecular weight is 432 g/mol. The predicted octanol–water partition coefficient (Wildman–Crippen LogP) is 4.05. The molecular formula is C21H22ClN3O3S. The number of amides is 1. The number of carbonyl (C=O) groups excluding carboxylic acids is 1. The maximum atomic E-state index is 13.1. The first kappa shape index (κ1) is 19.9. The van der Waals surface area contributed by atoms with E-state index < -0.39 is 10.0 Å². The van der Waals surface area contributed by atoms with Gasteiger partial charge in [-0.2, -0.15) is 4.31 Å². The Morgan fingerprint density at radius 2 is 1.90 bits per heavy atom. The second-order valence-corrected chi connectivity index (χ2v) is 9.38. The molecule has 1 aliphatic heterocycles. The molecule has 0 unspecified atom stereocenters. The van der Waals surface area contributed by atoms with Crippen LogP contribution in [0.15, 0.2) is 47.4 Å². The van der Waals surface area contributed by atoms with Crippen LogP contribution < -0.4 is 4.90 Å². The summed E-state index contributed by atoms with van der Waals surface area (Å²) in [6.07, 6.45) is 0.620. The molecule has 1 amide bonds. The Kier molecular flexibility index (Phi) is 5.14. The number of aromatic amines is 1. The summed E-state index contributed by atoms with van der Waals surface area (Å²) in [7, 11) is -3.52. The lowest BCUT2D eigenvalue weighted by atomic mass is 10.2. The number of benzene rings is 2. The van der Waals surface area contributed by atoms with Crippen molar-refractivity contribution in [3.8, 4) is 0 Å². The van der Waals surface area contributed by atoms with Gasteiger partial charge in [-0.1, -0.05) is 25.4 Å². The molecule has 152 valence electrons. The lowest BCUT2D eigenvalue weighted by molar-refractivity contribution is 0.0985. The molecule has 1 N–H and O–H groups in total. The zero-order valence-corrected chi connectivity index (χ0v) is 17.8. The van der Waals surface area contributed by atoms with Crippen molar-refractivity contribution in [2.45, 2.75) is 25.2 Å². The summed E-state index contributed by atoms with van der Waals surface area (Å²) >= 11 is 6.03. The fourth-order valence-electron chi connectivity index (χ4n) is 3.83. The van der Waals surface area contributed by atoms with Gasteiger partial charge in [0.25, 0.3) is 5.91 Å². The third-order valence-electron chi connectivity index (χ3n) is 5.35. The molecule has 0 bridgehead atoms. The van der Waals surface area contributed by atoms with Crippen LogP contribution in [0.4, 0.5) is 5.69 Å². The molecule has 4 rings (SSSR count). The smallest absolute Gasteiger partial charge is 0.274 e. The van der Waals surface area contributed by atoms with Crippen molar-refractivity contribution in [1.29, 1.82) is 0 Å². The topological polar surface area (TPSA) is 73.5 Å². The number of nitrogens with zero attached hydrogens (tertiary/aromatic N) is 2. The predicted molar refractivity (Wildman–Crippen MR) is 115 cm³/mol. The van der Waals surface area contributed by atoms with E-state index in [0.29, 0.717) is 36.8 Å². The van der Waals surface area contributed by atoms with E-state index in [4.69, 9.17) is 11.6 Å². The van der Waals surface area contributed by atoms with Crippen LogP contribution in [0.2, 0.25) is 5.02 Å². The van der Waals surface area contributed by atoms with Gasteiger partial charge in [0.15, 0.2) is 0 Å². The van der Waals surface area contributed by atoms with E-state index in [1.807, 2.05) is 26.0 Å². The molecule has 8 heteroatoms. The molecule has 0 saturated heterocycles. The molecule has 1 aromatic heterocycles. The van der Waals surface area contributed by atoms with Crippen molar-refractivity contribution >= 4 is 44.1 Å². The highest BCUT2D eigenvalue weighted by Gasteiger charge is 2.29. The summed E-state index contributed by atoms with van der Waals surface area (Å²) in [6, 6.07) is 12.2. The molecule has 0 fully saturated rings. The Morgan fingerprint density at radius 1 is 1.14 bits per heavy atom. The van der Waals surface area contributed by atoms with Gasteiger partial charge in [-0.25, -0.2) is 8.42 Å². The molecule has 0 radical (unpaired) electrons. The van der Waals surface area contributed by atoms with E-state index in [0.717, 1.165) is 22.2 Å². The van der Waals surface area contributed by atoms with Crippen LogP contribution in [0.25, 0.3) is 10.9 Å². The van der Waals surface area contributed by atoms with Crippen LogP contribution in [-0.4, -0.2) is 43.2 Å². The fraction of sp³-hybridized carbons (Fsp3) is 0.286. The number of rotatable bonds is 5. The third-order valence-corrected chi connectivity index (χ3v) is 7.63. The number of halogens is 1. The van der Waals surface area contributed by atoms with Gasteiger partial charge < -0.3 is 9.88 Å².